The van der Waals surface area contributed by atoms with E-state index in [4.69, 9.17) is 0 Å². The number of rotatable bonds is 4. The third kappa shape index (κ3) is 3.38. The molecule has 3 rings (SSSR count). The molecule has 0 N–H and O–H groups in total. The highest BCUT2D eigenvalue weighted by Crippen LogP contribution is 2.18. The Morgan fingerprint density at radius 2 is 1.75 bits per heavy atom. The zero-order chi connectivity index (χ0) is 17.2. The van der Waals surface area contributed by atoms with Crippen LogP contribution in [0.25, 0.3) is 0 Å². The SMILES string of the molecule is Cc1ccccc1S(=O)(=O)CC(=O)N1CCC(c2ccccc2)=N1. The molecule has 0 spiro atoms. The van der Waals surface area contributed by atoms with Crippen molar-refractivity contribution >= 4 is 21.5 Å². The van der Waals surface area contributed by atoms with Crippen molar-refractivity contribution in [3.05, 3.63) is 65.7 Å². The van der Waals surface area contributed by atoms with E-state index in [1.54, 1.807) is 25.1 Å². The van der Waals surface area contributed by atoms with Gasteiger partial charge in [-0.1, -0.05) is 48.5 Å². The topological polar surface area (TPSA) is 66.8 Å². The molecule has 0 unspecified atom stereocenters. The van der Waals surface area contributed by atoms with E-state index in [1.165, 1.54) is 11.1 Å². The molecule has 1 aliphatic heterocycles. The maximum atomic E-state index is 12.5. The van der Waals surface area contributed by atoms with Crippen LogP contribution in [0.1, 0.15) is 17.5 Å². The number of amides is 1. The van der Waals surface area contributed by atoms with Crippen LogP contribution < -0.4 is 0 Å². The summed E-state index contributed by atoms with van der Waals surface area (Å²) in [6, 6.07) is 16.3. The normalized spacial score (nSPS) is 14.5. The number of hydrazone groups is 1. The highest BCUT2D eigenvalue weighted by atomic mass is 32.2. The monoisotopic (exact) mass is 342 g/mol. The molecule has 124 valence electrons. The first-order valence-corrected chi connectivity index (χ1v) is 9.34. The van der Waals surface area contributed by atoms with E-state index < -0.39 is 21.5 Å². The molecular formula is C18H18N2O3S. The van der Waals surface area contributed by atoms with Gasteiger partial charge in [0.05, 0.1) is 17.2 Å². The molecule has 2 aromatic rings. The number of aryl methyl sites for hydroxylation is 1. The molecule has 2 aromatic carbocycles. The fourth-order valence-electron chi connectivity index (χ4n) is 2.69. The lowest BCUT2D eigenvalue weighted by Crippen LogP contribution is -2.30. The Kier molecular flexibility index (Phi) is 4.49. The standard InChI is InChI=1S/C18H18N2O3S/c1-14-7-5-6-10-17(14)24(22,23)13-18(21)20-12-11-16(19-20)15-8-3-2-4-9-15/h2-10H,11-13H2,1H3. The summed E-state index contributed by atoms with van der Waals surface area (Å²) in [6.07, 6.45) is 0.625. The van der Waals surface area contributed by atoms with Gasteiger partial charge in [-0.15, -0.1) is 0 Å². The van der Waals surface area contributed by atoms with Crippen LogP contribution in [-0.2, 0) is 14.6 Å². The summed E-state index contributed by atoms with van der Waals surface area (Å²) in [4.78, 5) is 12.6. The van der Waals surface area contributed by atoms with Gasteiger partial charge in [-0.3, -0.25) is 4.79 Å². The van der Waals surface area contributed by atoms with Crippen molar-refractivity contribution in [3.8, 4) is 0 Å². The number of hydrogen-bond acceptors (Lipinski definition) is 4. The zero-order valence-electron chi connectivity index (χ0n) is 13.3. The maximum Gasteiger partial charge on any atom is 0.258 e. The predicted molar refractivity (Wildman–Crippen MR) is 92.5 cm³/mol. The van der Waals surface area contributed by atoms with Gasteiger partial charge in [0.2, 0.25) is 0 Å². The van der Waals surface area contributed by atoms with Crippen LogP contribution in [-0.4, -0.2) is 37.3 Å². The second-order valence-electron chi connectivity index (χ2n) is 5.70. The first-order valence-electron chi connectivity index (χ1n) is 7.69. The van der Waals surface area contributed by atoms with Crippen molar-refractivity contribution in [3.63, 3.8) is 0 Å². The molecule has 0 aromatic heterocycles. The van der Waals surface area contributed by atoms with E-state index in [0.29, 0.717) is 18.5 Å². The second kappa shape index (κ2) is 6.57. The van der Waals surface area contributed by atoms with Crippen LogP contribution in [0.2, 0.25) is 0 Å². The highest BCUT2D eigenvalue weighted by molar-refractivity contribution is 7.92. The molecular weight excluding hydrogens is 324 g/mol. The molecule has 24 heavy (non-hydrogen) atoms. The Balaban J connectivity index is 1.77. The van der Waals surface area contributed by atoms with E-state index in [1.807, 2.05) is 30.3 Å². The first kappa shape index (κ1) is 16.4. The molecule has 0 atom stereocenters. The van der Waals surface area contributed by atoms with Gasteiger partial charge in [-0.05, 0) is 24.1 Å². The van der Waals surface area contributed by atoms with Crippen LogP contribution in [0.3, 0.4) is 0 Å². The Morgan fingerprint density at radius 3 is 2.46 bits per heavy atom. The molecule has 0 radical (unpaired) electrons. The van der Waals surface area contributed by atoms with E-state index in [2.05, 4.69) is 5.10 Å². The number of carbonyl (C=O) groups is 1. The molecule has 0 fully saturated rings. The summed E-state index contributed by atoms with van der Waals surface area (Å²) in [5.41, 5.74) is 2.40. The third-order valence-corrected chi connectivity index (χ3v) is 5.69. The number of sulfone groups is 1. The predicted octanol–water partition coefficient (Wildman–Crippen LogP) is 2.41. The lowest BCUT2D eigenvalue weighted by molar-refractivity contribution is -0.127. The lowest BCUT2D eigenvalue weighted by atomic mass is 10.1. The average molecular weight is 342 g/mol. The minimum Gasteiger partial charge on any atom is -0.272 e. The molecule has 6 heteroatoms. The van der Waals surface area contributed by atoms with Crippen molar-refractivity contribution in [2.24, 2.45) is 5.10 Å². The van der Waals surface area contributed by atoms with Gasteiger partial charge in [0.25, 0.3) is 5.91 Å². The number of benzene rings is 2. The Bertz CT molecular complexity index is 889. The largest absolute Gasteiger partial charge is 0.272 e. The molecule has 0 saturated heterocycles. The smallest absolute Gasteiger partial charge is 0.258 e. The summed E-state index contributed by atoms with van der Waals surface area (Å²) in [5, 5.41) is 5.56. The molecule has 1 aliphatic rings. The van der Waals surface area contributed by atoms with Crippen molar-refractivity contribution in [2.45, 2.75) is 18.2 Å². The minimum absolute atomic E-state index is 0.199. The molecule has 1 heterocycles. The van der Waals surface area contributed by atoms with Gasteiger partial charge in [0, 0.05) is 6.42 Å². The van der Waals surface area contributed by atoms with Crippen LogP contribution in [0.15, 0.2) is 64.6 Å². The lowest BCUT2D eigenvalue weighted by Gasteiger charge is -2.12. The van der Waals surface area contributed by atoms with Crippen LogP contribution in [0.4, 0.5) is 0 Å². The van der Waals surface area contributed by atoms with Crippen molar-refractivity contribution in [1.82, 2.24) is 5.01 Å². The van der Waals surface area contributed by atoms with Crippen molar-refractivity contribution in [2.75, 3.05) is 12.3 Å². The zero-order valence-corrected chi connectivity index (χ0v) is 14.2. The Labute approximate surface area is 141 Å². The molecule has 0 bridgehead atoms. The van der Waals surface area contributed by atoms with Gasteiger partial charge >= 0.3 is 0 Å². The summed E-state index contributed by atoms with van der Waals surface area (Å²) >= 11 is 0. The van der Waals surface area contributed by atoms with Crippen molar-refractivity contribution < 1.29 is 13.2 Å². The summed E-state index contributed by atoms with van der Waals surface area (Å²) in [7, 11) is -3.67. The van der Waals surface area contributed by atoms with E-state index in [0.717, 1.165) is 11.3 Å². The fraction of sp³-hybridized carbons (Fsp3) is 0.222. The van der Waals surface area contributed by atoms with E-state index in [9.17, 15) is 13.2 Å². The van der Waals surface area contributed by atoms with E-state index in [-0.39, 0.29) is 4.90 Å². The highest BCUT2D eigenvalue weighted by Gasteiger charge is 2.27. The molecule has 0 saturated carbocycles. The van der Waals surface area contributed by atoms with Gasteiger partial charge in [-0.25, -0.2) is 13.4 Å². The molecule has 5 nitrogen and oxygen atoms in total. The summed E-state index contributed by atoms with van der Waals surface area (Å²) in [6.45, 7) is 2.13. The van der Waals surface area contributed by atoms with E-state index >= 15 is 0 Å². The maximum absolute atomic E-state index is 12.5. The molecule has 1 amide bonds. The number of carbonyl (C=O) groups excluding carboxylic acids is 1. The van der Waals surface area contributed by atoms with Gasteiger partial charge in [0.1, 0.15) is 5.75 Å². The average Bonchev–Trinajstić information content (AvgIpc) is 3.06. The summed E-state index contributed by atoms with van der Waals surface area (Å²) < 4.78 is 25.0. The van der Waals surface area contributed by atoms with Crippen LogP contribution in [0.5, 0.6) is 0 Å². The first-order chi connectivity index (χ1) is 11.5. The van der Waals surface area contributed by atoms with Crippen LogP contribution >= 0.6 is 0 Å². The van der Waals surface area contributed by atoms with Gasteiger partial charge in [-0.2, -0.15) is 5.10 Å². The molecule has 0 aliphatic carbocycles. The van der Waals surface area contributed by atoms with Crippen LogP contribution in [0, 0.1) is 6.92 Å². The fourth-order valence-corrected chi connectivity index (χ4v) is 4.16. The van der Waals surface area contributed by atoms with Gasteiger partial charge in [0.15, 0.2) is 9.84 Å². The number of hydrogen-bond donors (Lipinski definition) is 0. The quantitative estimate of drug-likeness (QED) is 0.857. The summed E-state index contributed by atoms with van der Waals surface area (Å²) in [5.74, 6) is -1.06. The Hall–Kier alpha value is -2.47. The second-order valence-corrected chi connectivity index (χ2v) is 7.66. The third-order valence-electron chi connectivity index (χ3n) is 3.94. The Morgan fingerprint density at radius 1 is 1.08 bits per heavy atom. The van der Waals surface area contributed by atoms with Crippen molar-refractivity contribution in [1.29, 1.82) is 0 Å². The van der Waals surface area contributed by atoms with Gasteiger partial charge < -0.3 is 0 Å². The minimum atomic E-state index is -3.67. The number of nitrogens with zero attached hydrogens (tertiary/aromatic N) is 2.